The van der Waals surface area contributed by atoms with E-state index in [0.29, 0.717) is 31.2 Å². The van der Waals surface area contributed by atoms with E-state index in [-0.39, 0.29) is 10.8 Å². The third-order valence-corrected chi connectivity index (χ3v) is 9.07. The maximum absolute atomic E-state index is 13.2. The summed E-state index contributed by atoms with van der Waals surface area (Å²) in [4.78, 5) is 13.2. The van der Waals surface area contributed by atoms with Crippen molar-refractivity contribution in [1.29, 1.82) is 0 Å². The van der Waals surface area contributed by atoms with E-state index in [1.165, 1.54) is 0 Å². The number of carbonyl (C=O) groups is 1. The summed E-state index contributed by atoms with van der Waals surface area (Å²) in [6, 6.07) is 5.07. The number of aryl methyl sites for hydroxylation is 1. The van der Waals surface area contributed by atoms with Gasteiger partial charge in [0.25, 0.3) is 5.91 Å². The summed E-state index contributed by atoms with van der Waals surface area (Å²) >= 11 is 4.55. The fourth-order valence-electron chi connectivity index (χ4n) is 4.77. The Bertz CT molecular complexity index is 1070. The zero-order valence-electron chi connectivity index (χ0n) is 18.7. The molecule has 1 aromatic heterocycles. The van der Waals surface area contributed by atoms with Crippen LogP contribution in [0.2, 0.25) is 0 Å². The number of ether oxygens (including phenoxy) is 1. The Balaban J connectivity index is 1.54. The lowest BCUT2D eigenvalue weighted by atomic mass is 9.97. The van der Waals surface area contributed by atoms with Crippen molar-refractivity contribution in [2.45, 2.75) is 56.8 Å². The smallest absolute Gasteiger partial charge is 0.269 e. The first-order valence-electron chi connectivity index (χ1n) is 11.6. The molecule has 2 saturated heterocycles. The second-order valence-electron chi connectivity index (χ2n) is 8.88. The molecule has 4 rings (SSSR count). The number of aromatic nitrogens is 1. The second-order valence-corrected chi connectivity index (χ2v) is 11.2. The molecule has 1 aromatic carbocycles. The fourth-order valence-corrected chi connectivity index (χ4v) is 6.73. The molecular formula is C23H33N3O4S2. The van der Waals surface area contributed by atoms with Crippen LogP contribution < -0.4 is 5.32 Å². The maximum atomic E-state index is 13.2. The standard InChI is InChI=1S/C23H33N3O4S2/c1-17-20-16-19(32(28,29)25-12-4-2-3-5-13-25)6-7-21(20)26(31)22(17)23(27)24-11-8-18-9-14-30-15-10-18/h6-7,16,18,31H,2-5,8-15H2,1H3,(H,24,27). The van der Waals surface area contributed by atoms with E-state index in [1.807, 2.05) is 6.92 Å². The lowest BCUT2D eigenvalue weighted by Gasteiger charge is -2.21. The molecule has 0 unspecified atom stereocenters. The average molecular weight is 480 g/mol. The van der Waals surface area contributed by atoms with E-state index in [4.69, 9.17) is 4.74 Å². The molecule has 2 aromatic rings. The van der Waals surface area contributed by atoms with Gasteiger partial charge in [-0.3, -0.25) is 8.77 Å². The molecule has 2 aliphatic rings. The van der Waals surface area contributed by atoms with Crippen LogP contribution in [0.15, 0.2) is 23.1 Å². The number of nitrogens with zero attached hydrogens (tertiary/aromatic N) is 2. The summed E-state index contributed by atoms with van der Waals surface area (Å²) < 4.78 is 35.0. The highest BCUT2D eigenvalue weighted by Gasteiger charge is 2.27. The highest BCUT2D eigenvalue weighted by atomic mass is 32.2. The van der Waals surface area contributed by atoms with Gasteiger partial charge in [0.1, 0.15) is 5.69 Å². The third-order valence-electron chi connectivity index (χ3n) is 6.76. The molecule has 2 aliphatic heterocycles. The van der Waals surface area contributed by atoms with Gasteiger partial charge in [-0.15, -0.1) is 0 Å². The molecule has 3 heterocycles. The number of benzene rings is 1. The Hall–Kier alpha value is -1.55. The summed E-state index contributed by atoms with van der Waals surface area (Å²) in [6.07, 6.45) is 6.93. The Kier molecular flexibility index (Phi) is 7.49. The molecule has 0 atom stereocenters. The summed E-state index contributed by atoms with van der Waals surface area (Å²) in [5, 5.41) is 3.76. The van der Waals surface area contributed by atoms with Gasteiger partial charge >= 0.3 is 0 Å². The number of rotatable bonds is 6. The van der Waals surface area contributed by atoms with E-state index < -0.39 is 10.0 Å². The third kappa shape index (κ3) is 4.85. The molecule has 1 N–H and O–H groups in total. The minimum absolute atomic E-state index is 0.183. The number of carbonyl (C=O) groups excluding carboxylic acids is 1. The van der Waals surface area contributed by atoms with E-state index in [2.05, 4.69) is 18.1 Å². The van der Waals surface area contributed by atoms with E-state index in [0.717, 1.165) is 74.6 Å². The van der Waals surface area contributed by atoms with Crippen LogP contribution in [0, 0.1) is 12.8 Å². The van der Waals surface area contributed by atoms with Crippen LogP contribution in [0.3, 0.4) is 0 Å². The monoisotopic (exact) mass is 479 g/mol. The minimum Gasteiger partial charge on any atom is -0.381 e. The van der Waals surface area contributed by atoms with E-state index in [9.17, 15) is 13.2 Å². The first-order valence-corrected chi connectivity index (χ1v) is 13.4. The molecule has 0 saturated carbocycles. The molecule has 0 spiro atoms. The Morgan fingerprint density at radius 3 is 2.53 bits per heavy atom. The van der Waals surface area contributed by atoms with Crippen molar-refractivity contribution in [2.75, 3.05) is 32.8 Å². The van der Waals surface area contributed by atoms with Crippen molar-refractivity contribution in [1.82, 2.24) is 13.6 Å². The Morgan fingerprint density at radius 1 is 1.16 bits per heavy atom. The fraction of sp³-hybridized carbons (Fsp3) is 0.609. The molecule has 1 amide bonds. The van der Waals surface area contributed by atoms with Crippen molar-refractivity contribution in [3.8, 4) is 0 Å². The first kappa shape index (κ1) is 23.6. The Labute approximate surface area is 196 Å². The Morgan fingerprint density at radius 2 is 1.84 bits per heavy atom. The van der Waals surface area contributed by atoms with E-state index in [1.54, 1.807) is 26.5 Å². The van der Waals surface area contributed by atoms with Gasteiger partial charge < -0.3 is 10.1 Å². The van der Waals surface area contributed by atoms with Gasteiger partial charge in [0.15, 0.2) is 0 Å². The van der Waals surface area contributed by atoms with Gasteiger partial charge in [0.2, 0.25) is 10.0 Å². The van der Waals surface area contributed by atoms with Crippen molar-refractivity contribution >= 4 is 39.6 Å². The molecular weight excluding hydrogens is 446 g/mol. The van der Waals surface area contributed by atoms with Crippen molar-refractivity contribution in [2.24, 2.45) is 5.92 Å². The van der Waals surface area contributed by atoms with Crippen LogP contribution in [-0.4, -0.2) is 55.5 Å². The zero-order valence-corrected chi connectivity index (χ0v) is 20.4. The quantitative estimate of drug-likeness (QED) is 0.619. The van der Waals surface area contributed by atoms with Gasteiger partial charge in [-0.2, -0.15) is 4.31 Å². The lowest BCUT2D eigenvalue weighted by Crippen LogP contribution is -2.31. The number of hydrogen-bond donors (Lipinski definition) is 2. The summed E-state index contributed by atoms with van der Waals surface area (Å²) in [7, 11) is -3.56. The van der Waals surface area contributed by atoms with Crippen LogP contribution >= 0.6 is 12.8 Å². The number of hydrogen-bond acceptors (Lipinski definition) is 5. The normalized spacial score (nSPS) is 19.2. The van der Waals surface area contributed by atoms with Gasteiger partial charge in [-0.25, -0.2) is 8.42 Å². The number of thiol groups is 1. The summed E-state index contributed by atoms with van der Waals surface area (Å²) in [5.41, 5.74) is 1.93. The van der Waals surface area contributed by atoms with Gasteiger partial charge in [0, 0.05) is 38.2 Å². The van der Waals surface area contributed by atoms with Crippen molar-refractivity contribution < 1.29 is 17.9 Å². The van der Waals surface area contributed by atoms with Crippen molar-refractivity contribution in [3.63, 3.8) is 0 Å². The van der Waals surface area contributed by atoms with Crippen LogP contribution in [0.1, 0.15) is 61.0 Å². The van der Waals surface area contributed by atoms with Gasteiger partial charge in [-0.1, -0.05) is 25.7 Å². The zero-order chi connectivity index (χ0) is 22.7. The second kappa shape index (κ2) is 10.2. The minimum atomic E-state index is -3.56. The lowest BCUT2D eigenvalue weighted by molar-refractivity contribution is 0.0636. The predicted molar refractivity (Wildman–Crippen MR) is 129 cm³/mol. The van der Waals surface area contributed by atoms with Crippen molar-refractivity contribution in [3.05, 3.63) is 29.5 Å². The SMILES string of the molecule is Cc1c(C(=O)NCCC2CCOCC2)n(S)c2ccc(S(=O)(=O)N3CCCCCC3)cc12. The predicted octanol–water partition coefficient (Wildman–Crippen LogP) is 3.75. The summed E-state index contributed by atoms with van der Waals surface area (Å²) in [6.45, 7) is 5.18. The topological polar surface area (TPSA) is 80.6 Å². The molecule has 0 bridgehead atoms. The van der Waals surface area contributed by atoms with Crippen LogP contribution in [0.5, 0.6) is 0 Å². The van der Waals surface area contributed by atoms with Crippen LogP contribution in [0.25, 0.3) is 10.9 Å². The number of amides is 1. The van der Waals surface area contributed by atoms with E-state index >= 15 is 0 Å². The summed E-state index contributed by atoms with van der Waals surface area (Å²) in [5.74, 6) is 0.399. The van der Waals surface area contributed by atoms with Gasteiger partial charge in [0.05, 0.1) is 10.4 Å². The highest BCUT2D eigenvalue weighted by Crippen LogP contribution is 2.30. The molecule has 7 nitrogen and oxygen atoms in total. The highest BCUT2D eigenvalue weighted by molar-refractivity contribution is 7.89. The number of nitrogens with one attached hydrogen (secondary N) is 1. The molecule has 9 heteroatoms. The number of sulfonamides is 1. The average Bonchev–Trinajstić information content (AvgIpc) is 2.97. The van der Waals surface area contributed by atoms with Gasteiger partial charge in [-0.05, 0) is 68.7 Å². The molecule has 176 valence electrons. The molecule has 0 aliphatic carbocycles. The number of fused-ring (bicyclic) bond motifs is 1. The largest absolute Gasteiger partial charge is 0.381 e. The first-order chi connectivity index (χ1) is 15.4. The van der Waals surface area contributed by atoms with Crippen LogP contribution in [0.4, 0.5) is 0 Å². The molecule has 0 radical (unpaired) electrons. The molecule has 32 heavy (non-hydrogen) atoms. The van der Waals surface area contributed by atoms with Crippen LogP contribution in [-0.2, 0) is 14.8 Å². The maximum Gasteiger partial charge on any atom is 0.269 e. The molecule has 2 fully saturated rings.